The molecule has 35 heavy (non-hydrogen) atoms. The van der Waals surface area contributed by atoms with Gasteiger partial charge in [0.05, 0.1) is 6.54 Å². The summed E-state index contributed by atoms with van der Waals surface area (Å²) in [6.45, 7) is 4.72. The molecule has 6 heteroatoms. The van der Waals surface area contributed by atoms with Crippen molar-refractivity contribution in [2.75, 3.05) is 31.5 Å². The lowest BCUT2D eigenvalue weighted by Gasteiger charge is -2.38. The Kier molecular flexibility index (Phi) is 8.52. The van der Waals surface area contributed by atoms with Crippen molar-refractivity contribution in [3.05, 3.63) is 90.5 Å². The van der Waals surface area contributed by atoms with Crippen LogP contribution in [0.5, 0.6) is 11.5 Å². The quantitative estimate of drug-likeness (QED) is 0.452. The standard InChI is InChI=1S/C29H33N3O3/c1-2-18-32(25-16-19-31(20-17-25)29(34)23-10-5-3-6-11-23)22-28(33)30-24-12-9-15-27(21-24)35-26-13-7-4-8-14-26/h3-15,21,25H,2,16-20,22H2,1H3,(H,30,33). The third-order valence-electron chi connectivity index (χ3n) is 6.24. The van der Waals surface area contributed by atoms with Crippen molar-refractivity contribution in [2.24, 2.45) is 0 Å². The number of anilines is 1. The molecule has 3 aromatic rings. The van der Waals surface area contributed by atoms with Crippen LogP contribution in [0.15, 0.2) is 84.9 Å². The molecule has 182 valence electrons. The summed E-state index contributed by atoms with van der Waals surface area (Å²) in [7, 11) is 0. The molecule has 0 aromatic heterocycles. The largest absolute Gasteiger partial charge is 0.457 e. The molecule has 3 aromatic carbocycles. The molecule has 0 spiro atoms. The molecule has 4 rings (SSSR count). The van der Waals surface area contributed by atoms with Gasteiger partial charge in [-0.2, -0.15) is 0 Å². The van der Waals surface area contributed by atoms with Gasteiger partial charge < -0.3 is 15.0 Å². The first-order valence-electron chi connectivity index (χ1n) is 12.3. The zero-order chi connectivity index (χ0) is 24.5. The van der Waals surface area contributed by atoms with Crippen LogP contribution in [0.4, 0.5) is 5.69 Å². The fourth-order valence-electron chi connectivity index (χ4n) is 4.52. The number of para-hydroxylation sites is 1. The predicted molar refractivity (Wildman–Crippen MR) is 139 cm³/mol. The topological polar surface area (TPSA) is 61.9 Å². The minimum atomic E-state index is -0.0434. The van der Waals surface area contributed by atoms with Gasteiger partial charge in [-0.25, -0.2) is 0 Å². The second-order valence-corrected chi connectivity index (χ2v) is 8.85. The molecular formula is C29H33N3O3. The van der Waals surface area contributed by atoms with Crippen LogP contribution in [0.1, 0.15) is 36.5 Å². The lowest BCUT2D eigenvalue weighted by Crippen LogP contribution is -2.49. The van der Waals surface area contributed by atoms with Crippen molar-refractivity contribution >= 4 is 17.5 Å². The molecule has 1 aliphatic rings. The van der Waals surface area contributed by atoms with E-state index in [9.17, 15) is 9.59 Å². The molecule has 2 amide bonds. The fourth-order valence-corrected chi connectivity index (χ4v) is 4.52. The Balaban J connectivity index is 1.31. The summed E-state index contributed by atoms with van der Waals surface area (Å²) in [6, 6.07) is 26.7. The third kappa shape index (κ3) is 6.93. The van der Waals surface area contributed by atoms with Crippen molar-refractivity contribution in [2.45, 2.75) is 32.2 Å². The summed E-state index contributed by atoms with van der Waals surface area (Å²) >= 11 is 0. The van der Waals surface area contributed by atoms with Crippen molar-refractivity contribution in [3.8, 4) is 11.5 Å². The first-order valence-corrected chi connectivity index (χ1v) is 12.3. The summed E-state index contributed by atoms with van der Waals surface area (Å²) in [6.07, 6.45) is 2.70. The summed E-state index contributed by atoms with van der Waals surface area (Å²) in [5, 5.41) is 3.02. The zero-order valence-corrected chi connectivity index (χ0v) is 20.2. The molecule has 0 saturated carbocycles. The van der Waals surface area contributed by atoms with Gasteiger partial charge in [-0.05, 0) is 62.2 Å². The van der Waals surface area contributed by atoms with Crippen LogP contribution < -0.4 is 10.1 Å². The van der Waals surface area contributed by atoms with Crippen LogP contribution >= 0.6 is 0 Å². The van der Waals surface area contributed by atoms with E-state index in [0.29, 0.717) is 31.1 Å². The SMILES string of the molecule is CCCN(CC(=O)Nc1cccc(Oc2ccccc2)c1)C1CCN(C(=O)c2ccccc2)CC1. The van der Waals surface area contributed by atoms with Crippen molar-refractivity contribution in [1.29, 1.82) is 0 Å². The van der Waals surface area contributed by atoms with E-state index in [-0.39, 0.29) is 17.9 Å². The minimum Gasteiger partial charge on any atom is -0.457 e. The predicted octanol–water partition coefficient (Wildman–Crippen LogP) is 5.43. The van der Waals surface area contributed by atoms with Crippen LogP contribution in [0.25, 0.3) is 0 Å². The normalized spacial score (nSPS) is 14.1. The number of benzene rings is 3. The molecule has 0 radical (unpaired) electrons. The van der Waals surface area contributed by atoms with Crippen molar-refractivity contribution < 1.29 is 14.3 Å². The molecule has 0 atom stereocenters. The molecular weight excluding hydrogens is 438 g/mol. The molecule has 0 unspecified atom stereocenters. The number of rotatable bonds is 9. The van der Waals surface area contributed by atoms with Gasteiger partial charge >= 0.3 is 0 Å². The second-order valence-electron chi connectivity index (χ2n) is 8.85. The fraction of sp³-hybridized carbons (Fsp3) is 0.310. The van der Waals surface area contributed by atoms with Crippen LogP contribution in [0, 0.1) is 0 Å². The van der Waals surface area contributed by atoms with Gasteiger partial charge in [0.2, 0.25) is 5.91 Å². The highest BCUT2D eigenvalue weighted by Gasteiger charge is 2.28. The van der Waals surface area contributed by atoms with Crippen LogP contribution in [-0.2, 0) is 4.79 Å². The number of nitrogens with zero attached hydrogens (tertiary/aromatic N) is 2. The summed E-state index contributed by atoms with van der Waals surface area (Å²) in [4.78, 5) is 29.9. The van der Waals surface area contributed by atoms with E-state index in [4.69, 9.17) is 4.74 Å². The number of amides is 2. The lowest BCUT2D eigenvalue weighted by atomic mass is 10.0. The maximum absolute atomic E-state index is 12.9. The smallest absolute Gasteiger partial charge is 0.253 e. The van der Waals surface area contributed by atoms with Crippen molar-refractivity contribution in [3.63, 3.8) is 0 Å². The number of hydrogen-bond acceptors (Lipinski definition) is 4. The van der Waals surface area contributed by atoms with Gasteiger partial charge in [-0.15, -0.1) is 0 Å². The maximum Gasteiger partial charge on any atom is 0.253 e. The number of nitrogens with one attached hydrogen (secondary N) is 1. The molecule has 1 fully saturated rings. The number of carbonyl (C=O) groups is 2. The Labute approximate surface area is 207 Å². The second kappa shape index (κ2) is 12.2. The van der Waals surface area contributed by atoms with E-state index in [2.05, 4.69) is 17.1 Å². The Morgan fingerprint density at radius 3 is 2.26 bits per heavy atom. The van der Waals surface area contributed by atoms with E-state index in [1.165, 1.54) is 0 Å². The Bertz CT molecular complexity index is 1100. The van der Waals surface area contributed by atoms with Gasteiger partial charge in [0.25, 0.3) is 5.91 Å². The van der Waals surface area contributed by atoms with Crippen LogP contribution in [0.2, 0.25) is 0 Å². The van der Waals surface area contributed by atoms with Gasteiger partial charge in [-0.1, -0.05) is 49.4 Å². The van der Waals surface area contributed by atoms with Gasteiger partial charge in [0.1, 0.15) is 11.5 Å². The van der Waals surface area contributed by atoms with Gasteiger partial charge in [0, 0.05) is 36.4 Å². The molecule has 1 N–H and O–H groups in total. The van der Waals surface area contributed by atoms with E-state index < -0.39 is 0 Å². The van der Waals surface area contributed by atoms with E-state index in [1.807, 2.05) is 89.8 Å². The molecule has 0 aliphatic carbocycles. The van der Waals surface area contributed by atoms with Gasteiger partial charge in [-0.3, -0.25) is 14.5 Å². The number of piperidine rings is 1. The first-order chi connectivity index (χ1) is 17.1. The Morgan fingerprint density at radius 1 is 0.914 bits per heavy atom. The first kappa shape index (κ1) is 24.5. The monoisotopic (exact) mass is 471 g/mol. The van der Waals surface area contributed by atoms with E-state index in [0.717, 1.165) is 37.1 Å². The average molecular weight is 472 g/mol. The minimum absolute atomic E-state index is 0.0434. The Hall–Kier alpha value is -3.64. The lowest BCUT2D eigenvalue weighted by molar-refractivity contribution is -0.118. The number of hydrogen-bond donors (Lipinski definition) is 1. The molecule has 1 aliphatic heterocycles. The Morgan fingerprint density at radius 2 is 1.57 bits per heavy atom. The van der Waals surface area contributed by atoms with Crippen LogP contribution in [0.3, 0.4) is 0 Å². The number of carbonyl (C=O) groups excluding carboxylic acids is 2. The molecule has 6 nitrogen and oxygen atoms in total. The zero-order valence-electron chi connectivity index (χ0n) is 20.2. The van der Waals surface area contributed by atoms with Gasteiger partial charge in [0.15, 0.2) is 0 Å². The maximum atomic E-state index is 12.9. The highest BCUT2D eigenvalue weighted by atomic mass is 16.5. The highest BCUT2D eigenvalue weighted by Crippen LogP contribution is 2.24. The molecule has 0 bridgehead atoms. The highest BCUT2D eigenvalue weighted by molar-refractivity contribution is 5.94. The van der Waals surface area contributed by atoms with E-state index >= 15 is 0 Å². The number of likely N-dealkylation sites (tertiary alicyclic amines) is 1. The van der Waals surface area contributed by atoms with E-state index in [1.54, 1.807) is 0 Å². The summed E-state index contributed by atoms with van der Waals surface area (Å²) in [5.74, 6) is 1.47. The molecule has 1 heterocycles. The van der Waals surface area contributed by atoms with Crippen molar-refractivity contribution in [1.82, 2.24) is 9.80 Å². The number of ether oxygens (including phenoxy) is 1. The van der Waals surface area contributed by atoms with Crippen LogP contribution in [-0.4, -0.2) is 53.8 Å². The summed E-state index contributed by atoms with van der Waals surface area (Å²) < 4.78 is 5.88. The third-order valence-corrected chi connectivity index (χ3v) is 6.24. The molecule has 1 saturated heterocycles. The summed E-state index contributed by atoms with van der Waals surface area (Å²) in [5.41, 5.74) is 1.44. The average Bonchev–Trinajstić information content (AvgIpc) is 2.89.